The lowest BCUT2D eigenvalue weighted by Crippen LogP contribution is -2.41. The van der Waals surface area contributed by atoms with Gasteiger partial charge < -0.3 is 14.9 Å². The van der Waals surface area contributed by atoms with E-state index in [1.807, 2.05) is 0 Å². The molecule has 0 amide bonds. The van der Waals surface area contributed by atoms with E-state index in [4.69, 9.17) is 4.74 Å². The number of ether oxygens (including phenoxy) is 1. The molecule has 1 aromatic heterocycles. The van der Waals surface area contributed by atoms with Gasteiger partial charge in [0.15, 0.2) is 5.54 Å². The number of carbonyl (C=O) groups excluding carboxylic acids is 1. The molecule has 2 aromatic rings. The Kier molecular flexibility index (Phi) is 4.20. The van der Waals surface area contributed by atoms with E-state index in [1.165, 1.54) is 42.1 Å². The third-order valence-corrected chi connectivity index (χ3v) is 3.35. The smallest absolute Gasteiger partial charge is 0.381 e. The molecule has 2 rings (SSSR count). The fourth-order valence-corrected chi connectivity index (χ4v) is 2.07. The van der Waals surface area contributed by atoms with E-state index in [0.717, 1.165) is 6.20 Å². The molecule has 7 nitrogen and oxygen atoms in total. The molecular formula is C14H14FN3O4. The molecule has 116 valence electrons. The largest absolute Gasteiger partial charge is 0.464 e. The highest BCUT2D eigenvalue weighted by molar-refractivity contribution is 5.82. The van der Waals surface area contributed by atoms with Crippen molar-refractivity contribution in [2.45, 2.75) is 19.4 Å². The predicted molar refractivity (Wildman–Crippen MR) is 74.7 cm³/mol. The van der Waals surface area contributed by atoms with Crippen molar-refractivity contribution in [3.63, 3.8) is 0 Å². The molecule has 1 heterocycles. The number of esters is 1. The number of benzene rings is 1. The summed E-state index contributed by atoms with van der Waals surface area (Å²) in [6.45, 7) is 3.33. The summed E-state index contributed by atoms with van der Waals surface area (Å²) in [6, 6.07) is 5.27. The van der Waals surface area contributed by atoms with Crippen LogP contribution in [0, 0.1) is 15.9 Å². The lowest BCUT2D eigenvalue weighted by atomic mass is 9.91. The standard InChI is InChI=1S/C14H14FN3O4/c1-3-22-13(19)14(2,10-4-6-11(15)7-5-10)17-8-12(16-9-17)18(20)21/h4-9H,3H2,1-2H3. The van der Waals surface area contributed by atoms with Crippen molar-refractivity contribution >= 4 is 11.8 Å². The molecule has 1 unspecified atom stereocenters. The van der Waals surface area contributed by atoms with Crippen molar-refractivity contribution in [3.8, 4) is 0 Å². The Morgan fingerprint density at radius 2 is 2.09 bits per heavy atom. The molecule has 0 spiro atoms. The number of aromatic nitrogens is 2. The lowest BCUT2D eigenvalue weighted by molar-refractivity contribution is -0.389. The number of nitrogens with zero attached hydrogens (tertiary/aromatic N) is 3. The van der Waals surface area contributed by atoms with E-state index in [0.29, 0.717) is 5.56 Å². The van der Waals surface area contributed by atoms with E-state index >= 15 is 0 Å². The van der Waals surface area contributed by atoms with Crippen molar-refractivity contribution < 1.29 is 18.8 Å². The molecule has 1 atom stereocenters. The zero-order chi connectivity index (χ0) is 16.3. The Morgan fingerprint density at radius 1 is 1.45 bits per heavy atom. The van der Waals surface area contributed by atoms with Crippen LogP contribution in [-0.2, 0) is 15.1 Å². The molecule has 0 aliphatic rings. The van der Waals surface area contributed by atoms with Crippen LogP contribution in [0.25, 0.3) is 0 Å². The highest BCUT2D eigenvalue weighted by Crippen LogP contribution is 2.29. The molecule has 0 fully saturated rings. The number of carbonyl (C=O) groups is 1. The number of nitro groups is 1. The SMILES string of the molecule is CCOC(=O)C(C)(c1ccc(F)cc1)n1cnc([N+](=O)[O-])c1. The number of hydrogen-bond acceptors (Lipinski definition) is 5. The van der Waals surface area contributed by atoms with Crippen LogP contribution >= 0.6 is 0 Å². The van der Waals surface area contributed by atoms with Gasteiger partial charge in [0.1, 0.15) is 12.0 Å². The van der Waals surface area contributed by atoms with Crippen LogP contribution in [0.3, 0.4) is 0 Å². The molecule has 0 radical (unpaired) electrons. The van der Waals surface area contributed by atoms with Crippen molar-refractivity contribution in [3.05, 3.63) is 58.3 Å². The molecule has 0 saturated heterocycles. The fourth-order valence-electron chi connectivity index (χ4n) is 2.07. The minimum absolute atomic E-state index is 0.145. The van der Waals surface area contributed by atoms with Gasteiger partial charge in [-0.15, -0.1) is 0 Å². The maximum atomic E-state index is 13.1. The third kappa shape index (κ3) is 2.67. The third-order valence-electron chi connectivity index (χ3n) is 3.35. The average molecular weight is 307 g/mol. The van der Waals surface area contributed by atoms with E-state index in [9.17, 15) is 19.3 Å². The van der Waals surface area contributed by atoms with Crippen LogP contribution in [0.5, 0.6) is 0 Å². The Bertz CT molecular complexity index is 698. The summed E-state index contributed by atoms with van der Waals surface area (Å²) >= 11 is 0. The topological polar surface area (TPSA) is 87.3 Å². The summed E-state index contributed by atoms with van der Waals surface area (Å²) < 4.78 is 19.5. The van der Waals surface area contributed by atoms with E-state index in [1.54, 1.807) is 6.92 Å². The molecule has 0 bridgehead atoms. The quantitative estimate of drug-likeness (QED) is 0.480. The molecule has 1 aromatic carbocycles. The van der Waals surface area contributed by atoms with Crippen LogP contribution in [0.15, 0.2) is 36.8 Å². The summed E-state index contributed by atoms with van der Waals surface area (Å²) in [5, 5.41) is 10.8. The van der Waals surface area contributed by atoms with Crippen LogP contribution in [-0.4, -0.2) is 27.1 Å². The first-order valence-corrected chi connectivity index (χ1v) is 6.51. The normalized spacial score (nSPS) is 13.4. The maximum Gasteiger partial charge on any atom is 0.381 e. The van der Waals surface area contributed by atoms with Crippen LogP contribution in [0.1, 0.15) is 19.4 Å². The van der Waals surface area contributed by atoms with Gasteiger partial charge in [-0.1, -0.05) is 12.1 Å². The Labute approximate surface area is 125 Å². The highest BCUT2D eigenvalue weighted by atomic mass is 19.1. The average Bonchev–Trinajstić information content (AvgIpc) is 2.98. The monoisotopic (exact) mass is 307 g/mol. The second-order valence-electron chi connectivity index (χ2n) is 4.70. The number of rotatable bonds is 5. The van der Waals surface area contributed by atoms with Gasteiger partial charge in [0, 0.05) is 0 Å². The van der Waals surface area contributed by atoms with Crippen LogP contribution < -0.4 is 0 Å². The fraction of sp³-hybridized carbons (Fsp3) is 0.286. The first-order valence-electron chi connectivity index (χ1n) is 6.51. The number of halogens is 1. The van der Waals surface area contributed by atoms with Crippen LogP contribution in [0.2, 0.25) is 0 Å². The molecular weight excluding hydrogens is 293 g/mol. The summed E-state index contributed by atoms with van der Waals surface area (Å²) in [5.41, 5.74) is -0.954. The van der Waals surface area contributed by atoms with Crippen molar-refractivity contribution in [2.75, 3.05) is 6.61 Å². The summed E-state index contributed by atoms with van der Waals surface area (Å²) in [5.74, 6) is -1.46. The lowest BCUT2D eigenvalue weighted by Gasteiger charge is -2.28. The predicted octanol–water partition coefficient (Wildman–Crippen LogP) is 2.26. The minimum atomic E-state index is -1.38. The molecule has 22 heavy (non-hydrogen) atoms. The first-order chi connectivity index (χ1) is 10.4. The zero-order valence-electron chi connectivity index (χ0n) is 12.0. The van der Waals surface area contributed by atoms with Gasteiger partial charge >= 0.3 is 11.8 Å². The van der Waals surface area contributed by atoms with Crippen molar-refractivity contribution in [2.24, 2.45) is 0 Å². The summed E-state index contributed by atoms with van der Waals surface area (Å²) in [7, 11) is 0. The Hall–Kier alpha value is -2.77. The minimum Gasteiger partial charge on any atom is -0.464 e. The van der Waals surface area contributed by atoms with Gasteiger partial charge in [-0.3, -0.25) is 4.57 Å². The van der Waals surface area contributed by atoms with Crippen molar-refractivity contribution in [1.29, 1.82) is 0 Å². The number of hydrogen-bond donors (Lipinski definition) is 0. The highest BCUT2D eigenvalue weighted by Gasteiger charge is 2.40. The maximum absolute atomic E-state index is 13.1. The second kappa shape index (κ2) is 5.92. The molecule has 0 saturated carbocycles. The van der Waals surface area contributed by atoms with Gasteiger partial charge in [-0.2, -0.15) is 0 Å². The van der Waals surface area contributed by atoms with E-state index in [-0.39, 0.29) is 6.61 Å². The Morgan fingerprint density at radius 3 is 2.59 bits per heavy atom. The number of imidazole rings is 1. The zero-order valence-corrected chi connectivity index (χ0v) is 12.0. The molecule has 0 N–H and O–H groups in total. The molecule has 0 aliphatic heterocycles. The summed E-state index contributed by atoms with van der Waals surface area (Å²) in [4.78, 5) is 26.2. The van der Waals surface area contributed by atoms with Crippen LogP contribution in [0.4, 0.5) is 10.2 Å². The van der Waals surface area contributed by atoms with E-state index < -0.39 is 28.1 Å². The molecule has 8 heteroatoms. The van der Waals surface area contributed by atoms with Crippen molar-refractivity contribution in [1.82, 2.24) is 9.55 Å². The van der Waals surface area contributed by atoms with Gasteiger partial charge in [-0.05, 0) is 41.5 Å². The van der Waals surface area contributed by atoms with E-state index in [2.05, 4.69) is 4.98 Å². The van der Waals surface area contributed by atoms with Gasteiger partial charge in [0.2, 0.25) is 6.33 Å². The Balaban J connectivity index is 2.56. The van der Waals surface area contributed by atoms with Gasteiger partial charge in [-0.25, -0.2) is 9.18 Å². The first kappa shape index (κ1) is 15.6. The second-order valence-corrected chi connectivity index (χ2v) is 4.70. The van der Waals surface area contributed by atoms with Gasteiger partial charge in [0.25, 0.3) is 0 Å². The summed E-state index contributed by atoms with van der Waals surface area (Å²) in [6.07, 6.45) is 2.32. The van der Waals surface area contributed by atoms with Gasteiger partial charge in [0.05, 0.1) is 6.61 Å². The molecule has 0 aliphatic carbocycles.